The first-order valence-corrected chi connectivity index (χ1v) is 12.2. The molecule has 2 aromatic heterocycles. The van der Waals surface area contributed by atoms with E-state index in [2.05, 4.69) is 14.7 Å². The van der Waals surface area contributed by atoms with Gasteiger partial charge in [-0.2, -0.15) is 0 Å². The molecule has 6 nitrogen and oxygen atoms in total. The van der Waals surface area contributed by atoms with E-state index in [1.54, 1.807) is 4.90 Å². The molecule has 0 radical (unpaired) electrons. The number of fused-ring (bicyclic) bond motifs is 1. The van der Waals surface area contributed by atoms with E-state index in [1.807, 2.05) is 18.0 Å². The summed E-state index contributed by atoms with van der Waals surface area (Å²) in [6.45, 7) is 1.86. The highest BCUT2D eigenvalue weighted by molar-refractivity contribution is 5.94. The summed E-state index contributed by atoms with van der Waals surface area (Å²) in [6.07, 6.45) is -3.07. The van der Waals surface area contributed by atoms with Crippen molar-refractivity contribution in [3.8, 4) is 5.75 Å². The average Bonchev–Trinajstić information content (AvgIpc) is 3.27. The van der Waals surface area contributed by atoms with Crippen molar-refractivity contribution in [3.05, 3.63) is 59.2 Å². The molecule has 0 bridgehead atoms. The van der Waals surface area contributed by atoms with E-state index < -0.39 is 24.1 Å². The number of carbonyl (C=O) groups is 1. The molecular weight excluding hydrogens is 495 g/mol. The summed E-state index contributed by atoms with van der Waals surface area (Å²) in [5, 5.41) is 0.684. The Bertz CT molecular complexity index is 1260. The molecule has 11 heteroatoms. The zero-order valence-electron chi connectivity index (χ0n) is 20.2. The number of H-pyrrole nitrogens is 1. The number of hydrogen-bond donors (Lipinski definition) is 1. The fraction of sp³-hybridized carbons (Fsp3) is 0.462. The molecule has 1 amide bonds. The van der Waals surface area contributed by atoms with Crippen LogP contribution in [-0.2, 0) is 0 Å². The SMILES string of the molecule is CN1CC(F)CC(c2cc3c(C4CCN(C(=O)c5ccc(OC(F)(F)F)cc5)CC4)c(F)cnc3[nH]2)C1. The van der Waals surface area contributed by atoms with Crippen molar-refractivity contribution in [2.24, 2.45) is 0 Å². The minimum absolute atomic E-state index is 0.0359. The van der Waals surface area contributed by atoms with Crippen molar-refractivity contribution in [2.45, 2.75) is 43.6 Å². The van der Waals surface area contributed by atoms with Gasteiger partial charge in [0.2, 0.25) is 0 Å². The van der Waals surface area contributed by atoms with E-state index in [0.29, 0.717) is 62.0 Å². The van der Waals surface area contributed by atoms with Crippen molar-refractivity contribution < 1.29 is 31.5 Å². The van der Waals surface area contributed by atoms with Gasteiger partial charge in [0.15, 0.2) is 0 Å². The van der Waals surface area contributed by atoms with Gasteiger partial charge in [0.1, 0.15) is 23.4 Å². The predicted molar refractivity (Wildman–Crippen MR) is 127 cm³/mol. The average molecular weight is 523 g/mol. The molecule has 0 spiro atoms. The lowest BCUT2D eigenvalue weighted by atomic mass is 9.87. The minimum atomic E-state index is -4.80. The molecule has 2 saturated heterocycles. The first-order valence-electron chi connectivity index (χ1n) is 12.2. The molecule has 5 rings (SSSR count). The Morgan fingerprint density at radius 3 is 2.46 bits per heavy atom. The molecule has 2 fully saturated rings. The monoisotopic (exact) mass is 522 g/mol. The molecule has 1 N–H and O–H groups in total. The Hall–Kier alpha value is -3.21. The van der Waals surface area contributed by atoms with Crippen LogP contribution in [0.25, 0.3) is 11.0 Å². The third-order valence-corrected chi connectivity index (χ3v) is 7.22. The number of carbonyl (C=O) groups excluding carboxylic acids is 1. The van der Waals surface area contributed by atoms with Gasteiger partial charge in [0.25, 0.3) is 5.91 Å². The fourth-order valence-corrected chi connectivity index (χ4v) is 5.55. The number of likely N-dealkylation sites (N-methyl/N-ethyl adjacent to an activating group) is 1. The maximum absolute atomic E-state index is 15.0. The van der Waals surface area contributed by atoms with Gasteiger partial charge in [-0.15, -0.1) is 13.2 Å². The molecule has 2 atom stereocenters. The first-order chi connectivity index (χ1) is 17.6. The number of piperidine rings is 2. The third kappa shape index (κ3) is 5.56. The van der Waals surface area contributed by atoms with Crippen LogP contribution in [0.15, 0.2) is 36.5 Å². The number of hydrogen-bond acceptors (Lipinski definition) is 4. The van der Waals surface area contributed by atoms with Crippen LogP contribution < -0.4 is 4.74 Å². The number of ether oxygens (including phenoxy) is 1. The molecule has 2 aliphatic heterocycles. The van der Waals surface area contributed by atoms with Crippen LogP contribution in [0.2, 0.25) is 0 Å². The van der Waals surface area contributed by atoms with Crippen LogP contribution in [0.3, 0.4) is 0 Å². The maximum atomic E-state index is 15.0. The van der Waals surface area contributed by atoms with Gasteiger partial charge in [-0.25, -0.2) is 13.8 Å². The molecule has 0 saturated carbocycles. The summed E-state index contributed by atoms with van der Waals surface area (Å²) in [5.41, 5.74) is 2.21. The quantitative estimate of drug-likeness (QED) is 0.468. The second kappa shape index (κ2) is 9.92. The summed E-state index contributed by atoms with van der Waals surface area (Å²) >= 11 is 0. The zero-order chi connectivity index (χ0) is 26.3. The zero-order valence-corrected chi connectivity index (χ0v) is 20.2. The van der Waals surface area contributed by atoms with Gasteiger partial charge in [-0.3, -0.25) is 4.79 Å². The Morgan fingerprint density at radius 1 is 1.11 bits per heavy atom. The number of aromatic nitrogens is 2. The molecule has 4 heterocycles. The number of likely N-dealkylation sites (tertiary alicyclic amines) is 2. The smallest absolute Gasteiger partial charge is 0.406 e. The molecule has 2 unspecified atom stereocenters. The summed E-state index contributed by atoms with van der Waals surface area (Å²) in [7, 11) is 1.88. The summed E-state index contributed by atoms with van der Waals surface area (Å²) in [4.78, 5) is 23.9. The number of halogens is 5. The molecule has 198 valence electrons. The van der Waals surface area contributed by atoms with Gasteiger partial charge >= 0.3 is 6.36 Å². The minimum Gasteiger partial charge on any atom is -0.406 e. The van der Waals surface area contributed by atoms with Crippen molar-refractivity contribution in [3.63, 3.8) is 0 Å². The van der Waals surface area contributed by atoms with Crippen LogP contribution >= 0.6 is 0 Å². The summed E-state index contributed by atoms with van der Waals surface area (Å²) in [5.74, 6) is -1.28. The van der Waals surface area contributed by atoms with Crippen LogP contribution in [0.1, 0.15) is 52.7 Å². The lowest BCUT2D eigenvalue weighted by Crippen LogP contribution is -2.38. The number of aromatic amines is 1. The van der Waals surface area contributed by atoms with E-state index in [-0.39, 0.29) is 23.3 Å². The normalized spacial score (nSPS) is 21.9. The van der Waals surface area contributed by atoms with E-state index in [1.165, 1.54) is 18.3 Å². The second-order valence-corrected chi connectivity index (χ2v) is 9.90. The maximum Gasteiger partial charge on any atom is 0.573 e. The van der Waals surface area contributed by atoms with Crippen molar-refractivity contribution in [1.29, 1.82) is 0 Å². The largest absolute Gasteiger partial charge is 0.573 e. The standard InChI is InChI=1S/C26H27F5N4O2/c1-34-13-17(10-18(27)14-34)22-11-20-23(21(28)12-32-24(20)33-22)15-6-8-35(9-7-15)25(36)16-2-4-19(5-3-16)37-26(29,30)31/h2-5,11-12,15,17-18H,6-10,13-14H2,1H3,(H,32,33). The van der Waals surface area contributed by atoms with Crippen molar-refractivity contribution in [2.75, 3.05) is 33.2 Å². The third-order valence-electron chi connectivity index (χ3n) is 7.22. The van der Waals surface area contributed by atoms with Crippen molar-refractivity contribution >= 4 is 16.9 Å². The molecule has 3 aromatic rings. The van der Waals surface area contributed by atoms with Crippen LogP contribution in [0.4, 0.5) is 22.0 Å². The van der Waals surface area contributed by atoms with Gasteiger partial charge in [-0.05, 0) is 62.6 Å². The summed E-state index contributed by atoms with van der Waals surface area (Å²) < 4.78 is 70.2. The highest BCUT2D eigenvalue weighted by Crippen LogP contribution is 2.37. The number of alkyl halides is 4. The topological polar surface area (TPSA) is 61.5 Å². The van der Waals surface area contributed by atoms with Gasteiger partial charge in [0, 0.05) is 54.3 Å². The number of nitrogens with zero attached hydrogens (tertiary/aromatic N) is 3. The Morgan fingerprint density at radius 2 is 1.81 bits per heavy atom. The Balaban J connectivity index is 1.29. The number of pyridine rings is 1. The van der Waals surface area contributed by atoms with E-state index in [9.17, 15) is 22.4 Å². The van der Waals surface area contributed by atoms with E-state index in [0.717, 1.165) is 17.8 Å². The molecule has 1 aromatic carbocycles. The molecular formula is C26H27F5N4O2. The predicted octanol–water partition coefficient (Wildman–Crippen LogP) is 5.38. The Labute approximate surface area is 210 Å². The number of rotatable bonds is 4. The highest BCUT2D eigenvalue weighted by atomic mass is 19.4. The van der Waals surface area contributed by atoms with E-state index in [4.69, 9.17) is 0 Å². The highest BCUT2D eigenvalue weighted by Gasteiger charge is 2.32. The number of nitrogens with one attached hydrogen (secondary N) is 1. The van der Waals surface area contributed by atoms with E-state index >= 15 is 4.39 Å². The molecule has 0 aliphatic carbocycles. The number of amides is 1. The lowest BCUT2D eigenvalue weighted by molar-refractivity contribution is -0.274. The summed E-state index contributed by atoms with van der Waals surface area (Å²) in [6, 6.07) is 6.70. The van der Waals surface area contributed by atoms with Gasteiger partial charge in [0.05, 0.1) is 6.20 Å². The Kier molecular flexibility index (Phi) is 6.82. The van der Waals surface area contributed by atoms with Gasteiger partial charge < -0.3 is 19.5 Å². The van der Waals surface area contributed by atoms with Crippen molar-refractivity contribution in [1.82, 2.24) is 19.8 Å². The number of benzene rings is 1. The lowest BCUT2D eigenvalue weighted by Gasteiger charge is -2.32. The molecule has 37 heavy (non-hydrogen) atoms. The van der Waals surface area contributed by atoms with Gasteiger partial charge in [-0.1, -0.05) is 0 Å². The van der Waals surface area contributed by atoms with Crippen LogP contribution in [0, 0.1) is 5.82 Å². The van der Waals surface area contributed by atoms with Crippen LogP contribution in [0.5, 0.6) is 5.75 Å². The second-order valence-electron chi connectivity index (χ2n) is 9.90. The molecule has 2 aliphatic rings. The van der Waals surface area contributed by atoms with Crippen LogP contribution in [-0.4, -0.2) is 71.4 Å². The fourth-order valence-electron chi connectivity index (χ4n) is 5.55. The first kappa shape index (κ1) is 25.4.